The highest BCUT2D eigenvalue weighted by Gasteiger charge is 2.11. The van der Waals surface area contributed by atoms with Gasteiger partial charge in [-0.05, 0) is 33.0 Å². The molecule has 0 saturated heterocycles. The van der Waals surface area contributed by atoms with E-state index in [-0.39, 0.29) is 5.11 Å². The average Bonchev–Trinajstić information content (AvgIpc) is 2.37. The summed E-state index contributed by atoms with van der Waals surface area (Å²) in [6.45, 7) is 5.83. The first-order valence-electron chi connectivity index (χ1n) is 4.53. The maximum absolute atomic E-state index is 5.29. The summed E-state index contributed by atoms with van der Waals surface area (Å²) in [6, 6.07) is 0. The molecule has 5 nitrogen and oxygen atoms in total. The van der Waals surface area contributed by atoms with Gasteiger partial charge < -0.3 is 5.73 Å². The van der Waals surface area contributed by atoms with E-state index in [1.165, 1.54) is 0 Å². The summed E-state index contributed by atoms with van der Waals surface area (Å²) in [7, 11) is 1.90. The molecule has 6 heteroatoms. The number of hydrazone groups is 1. The third-order valence-electron chi connectivity index (χ3n) is 2.20. The number of hydrogen-bond donors (Lipinski definition) is 2. The van der Waals surface area contributed by atoms with Gasteiger partial charge in [-0.2, -0.15) is 10.2 Å². The molecular formula is C9H15N5S. The lowest BCUT2D eigenvalue weighted by molar-refractivity contribution is 0.731. The van der Waals surface area contributed by atoms with Crippen molar-refractivity contribution in [3.8, 4) is 0 Å². The number of nitrogens with one attached hydrogen (secondary N) is 1. The van der Waals surface area contributed by atoms with Gasteiger partial charge >= 0.3 is 0 Å². The summed E-state index contributed by atoms with van der Waals surface area (Å²) >= 11 is 4.67. The Labute approximate surface area is 94.3 Å². The molecule has 0 aliphatic rings. The molecule has 1 aromatic rings. The van der Waals surface area contributed by atoms with Crippen LogP contribution in [0, 0.1) is 13.8 Å². The minimum atomic E-state index is 0.161. The van der Waals surface area contributed by atoms with Crippen LogP contribution in [0.1, 0.15) is 23.9 Å². The van der Waals surface area contributed by atoms with Crippen LogP contribution < -0.4 is 11.2 Å². The number of hydrogen-bond acceptors (Lipinski definition) is 3. The molecule has 3 N–H and O–H groups in total. The average molecular weight is 225 g/mol. The van der Waals surface area contributed by atoms with Gasteiger partial charge in [0.05, 0.1) is 11.4 Å². The van der Waals surface area contributed by atoms with Crippen LogP contribution in [-0.2, 0) is 7.05 Å². The Morgan fingerprint density at radius 1 is 1.53 bits per heavy atom. The molecule has 0 unspecified atom stereocenters. The van der Waals surface area contributed by atoms with Gasteiger partial charge in [0.1, 0.15) is 0 Å². The maximum Gasteiger partial charge on any atom is 0.184 e. The van der Waals surface area contributed by atoms with E-state index < -0.39 is 0 Å². The van der Waals surface area contributed by atoms with Crippen LogP contribution >= 0.6 is 12.2 Å². The Morgan fingerprint density at radius 2 is 2.13 bits per heavy atom. The van der Waals surface area contributed by atoms with E-state index in [4.69, 9.17) is 5.73 Å². The molecular weight excluding hydrogens is 210 g/mol. The SMILES string of the molecule is CC(=NNC(N)=S)c1c(C)nn(C)c1C. The topological polar surface area (TPSA) is 68.2 Å². The van der Waals surface area contributed by atoms with Crippen molar-refractivity contribution in [3.63, 3.8) is 0 Å². The van der Waals surface area contributed by atoms with Gasteiger partial charge in [-0.15, -0.1) is 0 Å². The van der Waals surface area contributed by atoms with Crippen molar-refractivity contribution in [2.24, 2.45) is 17.9 Å². The first kappa shape index (κ1) is 11.6. The molecule has 0 saturated carbocycles. The number of aryl methyl sites for hydroxylation is 2. The van der Waals surface area contributed by atoms with Crippen LogP contribution in [0.3, 0.4) is 0 Å². The van der Waals surface area contributed by atoms with Gasteiger partial charge in [-0.3, -0.25) is 10.1 Å². The van der Waals surface area contributed by atoms with E-state index in [0.717, 1.165) is 22.7 Å². The van der Waals surface area contributed by atoms with E-state index >= 15 is 0 Å². The third kappa shape index (κ3) is 2.53. The molecule has 82 valence electrons. The maximum atomic E-state index is 5.29. The zero-order valence-corrected chi connectivity index (χ0v) is 10.1. The third-order valence-corrected chi connectivity index (χ3v) is 2.30. The van der Waals surface area contributed by atoms with Crippen molar-refractivity contribution in [1.82, 2.24) is 15.2 Å². The highest BCUT2D eigenvalue weighted by Crippen LogP contribution is 2.12. The molecule has 1 heterocycles. The molecule has 0 spiro atoms. The van der Waals surface area contributed by atoms with Crippen LogP contribution in [0.25, 0.3) is 0 Å². The van der Waals surface area contributed by atoms with Gasteiger partial charge in [-0.1, -0.05) is 0 Å². The lowest BCUT2D eigenvalue weighted by Gasteiger charge is -2.02. The fourth-order valence-corrected chi connectivity index (χ4v) is 1.54. The van der Waals surface area contributed by atoms with Crippen LogP contribution in [0.4, 0.5) is 0 Å². The Balaban J connectivity index is 3.05. The van der Waals surface area contributed by atoms with Crippen LogP contribution in [0.2, 0.25) is 0 Å². The van der Waals surface area contributed by atoms with Crippen molar-refractivity contribution in [3.05, 3.63) is 17.0 Å². The Morgan fingerprint density at radius 3 is 2.53 bits per heavy atom. The minimum absolute atomic E-state index is 0.161. The predicted octanol–water partition coefficient (Wildman–Crippen LogP) is 0.594. The van der Waals surface area contributed by atoms with Crippen LogP contribution in [0.15, 0.2) is 5.10 Å². The standard InChI is InChI=1S/C9H15N5S/c1-5(11-12-9(10)15)8-6(2)13-14(4)7(8)3/h1-4H3,(H3,10,12,15). The zero-order valence-electron chi connectivity index (χ0n) is 9.33. The van der Waals surface area contributed by atoms with E-state index in [0.29, 0.717) is 0 Å². The molecule has 1 aromatic heterocycles. The number of thiocarbonyl (C=S) groups is 1. The molecule has 0 aliphatic heterocycles. The quantitative estimate of drug-likeness (QED) is 0.439. The first-order valence-corrected chi connectivity index (χ1v) is 4.94. The highest BCUT2D eigenvalue weighted by molar-refractivity contribution is 7.80. The summed E-state index contributed by atoms with van der Waals surface area (Å²) in [5.74, 6) is 0. The summed E-state index contributed by atoms with van der Waals surface area (Å²) < 4.78 is 1.82. The number of nitrogens with two attached hydrogens (primary N) is 1. The fourth-order valence-electron chi connectivity index (χ4n) is 1.49. The monoisotopic (exact) mass is 225 g/mol. The summed E-state index contributed by atoms with van der Waals surface area (Å²) in [5, 5.41) is 8.54. The zero-order chi connectivity index (χ0) is 11.6. The molecule has 0 bridgehead atoms. The van der Waals surface area contributed by atoms with Crippen molar-refractivity contribution in [1.29, 1.82) is 0 Å². The smallest absolute Gasteiger partial charge is 0.184 e. The van der Waals surface area contributed by atoms with Gasteiger partial charge in [0.2, 0.25) is 0 Å². The van der Waals surface area contributed by atoms with Crippen molar-refractivity contribution in [2.45, 2.75) is 20.8 Å². The molecule has 1 rings (SSSR count). The summed E-state index contributed by atoms with van der Waals surface area (Å²) in [6.07, 6.45) is 0. The number of aromatic nitrogens is 2. The molecule has 15 heavy (non-hydrogen) atoms. The number of nitrogens with zero attached hydrogens (tertiary/aromatic N) is 3. The number of rotatable bonds is 2. The molecule has 0 aromatic carbocycles. The van der Waals surface area contributed by atoms with Gasteiger partial charge in [0, 0.05) is 18.3 Å². The predicted molar refractivity (Wildman–Crippen MR) is 64.8 cm³/mol. The van der Waals surface area contributed by atoms with Crippen molar-refractivity contribution in [2.75, 3.05) is 0 Å². The Hall–Kier alpha value is -1.43. The second kappa shape index (κ2) is 4.39. The molecule has 0 aliphatic carbocycles. The second-order valence-corrected chi connectivity index (χ2v) is 3.78. The summed E-state index contributed by atoms with van der Waals surface area (Å²) in [5.41, 5.74) is 11.7. The molecule has 0 amide bonds. The Kier molecular flexibility index (Phi) is 3.41. The Bertz CT molecular complexity index is 418. The van der Waals surface area contributed by atoms with Crippen LogP contribution in [-0.4, -0.2) is 20.6 Å². The van der Waals surface area contributed by atoms with Gasteiger partial charge in [0.15, 0.2) is 5.11 Å². The molecule has 0 fully saturated rings. The van der Waals surface area contributed by atoms with Crippen molar-refractivity contribution >= 4 is 23.0 Å². The van der Waals surface area contributed by atoms with E-state index in [2.05, 4.69) is 27.8 Å². The van der Waals surface area contributed by atoms with Crippen molar-refractivity contribution < 1.29 is 0 Å². The lowest BCUT2D eigenvalue weighted by atomic mass is 10.1. The van der Waals surface area contributed by atoms with E-state index in [9.17, 15) is 0 Å². The molecule has 0 radical (unpaired) electrons. The van der Waals surface area contributed by atoms with Crippen LogP contribution in [0.5, 0.6) is 0 Å². The highest BCUT2D eigenvalue weighted by atomic mass is 32.1. The van der Waals surface area contributed by atoms with E-state index in [1.807, 2.05) is 32.5 Å². The lowest BCUT2D eigenvalue weighted by Crippen LogP contribution is -2.25. The first-order chi connectivity index (χ1) is 6.93. The second-order valence-electron chi connectivity index (χ2n) is 3.34. The van der Waals surface area contributed by atoms with E-state index in [1.54, 1.807) is 0 Å². The van der Waals surface area contributed by atoms with Gasteiger partial charge in [-0.25, -0.2) is 0 Å². The summed E-state index contributed by atoms with van der Waals surface area (Å²) in [4.78, 5) is 0. The largest absolute Gasteiger partial charge is 0.375 e. The normalized spacial score (nSPS) is 11.6. The minimum Gasteiger partial charge on any atom is -0.375 e. The fraction of sp³-hybridized carbons (Fsp3) is 0.444. The molecule has 0 atom stereocenters. The van der Waals surface area contributed by atoms with Gasteiger partial charge in [0.25, 0.3) is 0 Å².